The number of fused-ring (bicyclic) bond motifs is 2. The molecule has 1 aliphatic rings. The van der Waals surface area contributed by atoms with Crippen molar-refractivity contribution in [2.24, 2.45) is 0 Å². The maximum absolute atomic E-state index is 13.5. The van der Waals surface area contributed by atoms with Crippen molar-refractivity contribution >= 4 is 11.6 Å². The van der Waals surface area contributed by atoms with Crippen molar-refractivity contribution in [3.05, 3.63) is 99.8 Å². The van der Waals surface area contributed by atoms with Crippen molar-refractivity contribution in [1.82, 2.24) is 9.36 Å². The minimum atomic E-state index is -0.266. The van der Waals surface area contributed by atoms with E-state index in [1.807, 2.05) is 79.7 Å². The molecule has 0 radical (unpaired) electrons. The quantitative estimate of drug-likeness (QED) is 0.442. The standard InChI is InChI=1S/C26H23N3O4/c1-17-8-6-10-19(14-17)27-23(30)16-28-26-21(25(31)29(28)20-11-4-3-5-12-20)15-18-9-7-13-22(32-2)24(18)33-26/h3-14H,15-16H2,1-2H3,(H,27,30). The third-order valence-corrected chi connectivity index (χ3v) is 5.63. The number of benzene rings is 3. The van der Waals surface area contributed by atoms with E-state index in [0.717, 1.165) is 11.1 Å². The smallest absolute Gasteiger partial charge is 0.278 e. The Morgan fingerprint density at radius 1 is 1.06 bits per heavy atom. The van der Waals surface area contributed by atoms with Crippen molar-refractivity contribution in [2.75, 3.05) is 12.4 Å². The number of carbonyl (C=O) groups is 1. The molecule has 0 spiro atoms. The first-order valence-electron chi connectivity index (χ1n) is 10.7. The maximum Gasteiger partial charge on any atom is 0.278 e. The van der Waals surface area contributed by atoms with Gasteiger partial charge in [-0.15, -0.1) is 0 Å². The summed E-state index contributed by atoms with van der Waals surface area (Å²) in [5.41, 5.74) is 3.54. The predicted octanol–water partition coefficient (Wildman–Crippen LogP) is 4.29. The largest absolute Gasteiger partial charge is 0.493 e. The third-order valence-electron chi connectivity index (χ3n) is 5.63. The third kappa shape index (κ3) is 3.78. The molecule has 0 atom stereocenters. The minimum Gasteiger partial charge on any atom is -0.493 e. The molecule has 0 aliphatic carbocycles. The van der Waals surface area contributed by atoms with Crippen LogP contribution < -0.4 is 20.3 Å². The van der Waals surface area contributed by atoms with Gasteiger partial charge >= 0.3 is 0 Å². The van der Waals surface area contributed by atoms with Crippen molar-refractivity contribution < 1.29 is 14.3 Å². The number of hydrogen-bond acceptors (Lipinski definition) is 4. The predicted molar refractivity (Wildman–Crippen MR) is 126 cm³/mol. The molecule has 7 nitrogen and oxygen atoms in total. The number of carbonyl (C=O) groups excluding carboxylic acids is 1. The second kappa shape index (κ2) is 8.35. The van der Waals surface area contributed by atoms with Gasteiger partial charge in [0.05, 0.1) is 18.4 Å². The normalized spacial score (nSPS) is 11.8. The molecule has 1 aromatic heterocycles. The maximum atomic E-state index is 13.5. The van der Waals surface area contributed by atoms with Crippen LogP contribution >= 0.6 is 0 Å². The fourth-order valence-corrected chi connectivity index (χ4v) is 4.13. The van der Waals surface area contributed by atoms with Crippen LogP contribution in [0.25, 0.3) is 5.69 Å². The summed E-state index contributed by atoms with van der Waals surface area (Å²) in [7, 11) is 1.58. The molecule has 33 heavy (non-hydrogen) atoms. The monoisotopic (exact) mass is 441 g/mol. The lowest BCUT2D eigenvalue weighted by Gasteiger charge is -2.21. The average molecular weight is 441 g/mol. The number of nitrogens with zero attached hydrogens (tertiary/aromatic N) is 2. The molecule has 2 heterocycles. The van der Waals surface area contributed by atoms with E-state index < -0.39 is 0 Å². The molecule has 0 saturated carbocycles. The number of hydrogen-bond donors (Lipinski definition) is 1. The molecule has 0 fully saturated rings. The van der Waals surface area contributed by atoms with Gasteiger partial charge in [0.15, 0.2) is 11.5 Å². The lowest BCUT2D eigenvalue weighted by molar-refractivity contribution is -0.117. The zero-order valence-corrected chi connectivity index (χ0v) is 18.4. The van der Waals surface area contributed by atoms with E-state index in [4.69, 9.17) is 9.47 Å². The highest BCUT2D eigenvalue weighted by atomic mass is 16.5. The fourth-order valence-electron chi connectivity index (χ4n) is 4.13. The number of rotatable bonds is 5. The molecular weight excluding hydrogens is 418 g/mol. The highest BCUT2D eigenvalue weighted by Crippen LogP contribution is 2.41. The van der Waals surface area contributed by atoms with Crippen molar-refractivity contribution in [3.8, 4) is 23.1 Å². The number of ether oxygens (including phenoxy) is 2. The number of anilines is 1. The first-order valence-corrected chi connectivity index (χ1v) is 10.7. The molecule has 1 aliphatic heterocycles. The Labute approximate surface area is 190 Å². The second-order valence-electron chi connectivity index (χ2n) is 7.94. The first kappa shape index (κ1) is 20.6. The van der Waals surface area contributed by atoms with Gasteiger partial charge in [-0.25, -0.2) is 9.36 Å². The fraction of sp³-hybridized carbons (Fsp3) is 0.154. The van der Waals surface area contributed by atoms with Crippen LogP contribution in [0.3, 0.4) is 0 Å². The van der Waals surface area contributed by atoms with Gasteiger partial charge < -0.3 is 14.8 Å². The summed E-state index contributed by atoms with van der Waals surface area (Å²) in [5.74, 6) is 1.22. The summed E-state index contributed by atoms with van der Waals surface area (Å²) in [6.07, 6.45) is 0.389. The average Bonchev–Trinajstić information content (AvgIpc) is 3.08. The van der Waals surface area contributed by atoms with E-state index in [-0.39, 0.29) is 18.0 Å². The van der Waals surface area contributed by atoms with Crippen LogP contribution in [0.5, 0.6) is 17.4 Å². The topological polar surface area (TPSA) is 74.5 Å². The zero-order valence-electron chi connectivity index (χ0n) is 18.4. The molecule has 1 amide bonds. The van der Waals surface area contributed by atoms with Crippen LogP contribution in [-0.4, -0.2) is 22.4 Å². The number of amides is 1. The molecule has 0 bridgehead atoms. The van der Waals surface area contributed by atoms with Crippen LogP contribution in [0.2, 0.25) is 0 Å². The summed E-state index contributed by atoms with van der Waals surface area (Å²) < 4.78 is 14.8. The van der Waals surface area contributed by atoms with E-state index >= 15 is 0 Å². The Kier molecular flexibility index (Phi) is 5.22. The van der Waals surface area contributed by atoms with Gasteiger partial charge in [-0.05, 0) is 42.8 Å². The molecule has 1 N–H and O–H groups in total. The summed E-state index contributed by atoms with van der Waals surface area (Å²) >= 11 is 0. The van der Waals surface area contributed by atoms with E-state index in [0.29, 0.717) is 40.7 Å². The highest BCUT2D eigenvalue weighted by molar-refractivity contribution is 5.90. The first-order chi connectivity index (χ1) is 16.0. The van der Waals surface area contributed by atoms with Crippen LogP contribution in [-0.2, 0) is 17.8 Å². The molecule has 7 heteroatoms. The van der Waals surface area contributed by atoms with Crippen molar-refractivity contribution in [2.45, 2.75) is 19.9 Å². The van der Waals surface area contributed by atoms with Gasteiger partial charge in [-0.2, -0.15) is 0 Å². The van der Waals surface area contributed by atoms with Gasteiger partial charge in [0.2, 0.25) is 11.8 Å². The van der Waals surface area contributed by atoms with Gasteiger partial charge in [-0.3, -0.25) is 9.59 Å². The Morgan fingerprint density at radius 2 is 1.85 bits per heavy atom. The van der Waals surface area contributed by atoms with E-state index in [1.165, 1.54) is 4.68 Å². The minimum absolute atomic E-state index is 0.0993. The second-order valence-corrected chi connectivity index (χ2v) is 7.94. The van der Waals surface area contributed by atoms with Crippen molar-refractivity contribution in [3.63, 3.8) is 0 Å². The number of nitrogens with one attached hydrogen (secondary N) is 1. The van der Waals surface area contributed by atoms with E-state index in [2.05, 4.69) is 5.32 Å². The van der Waals surface area contributed by atoms with Gasteiger partial charge in [0.1, 0.15) is 6.54 Å². The van der Waals surface area contributed by atoms with Crippen LogP contribution in [0.1, 0.15) is 16.7 Å². The lowest BCUT2D eigenvalue weighted by Crippen LogP contribution is -2.27. The number of aromatic nitrogens is 2. The summed E-state index contributed by atoms with van der Waals surface area (Å²) in [6.45, 7) is 1.86. The Bertz CT molecular complexity index is 1400. The molecule has 0 saturated heterocycles. The molecular formula is C26H23N3O4. The molecule has 3 aromatic carbocycles. The van der Waals surface area contributed by atoms with Crippen LogP contribution in [0.4, 0.5) is 5.69 Å². The lowest BCUT2D eigenvalue weighted by atomic mass is 10.0. The number of methoxy groups -OCH3 is 1. The van der Waals surface area contributed by atoms with Crippen LogP contribution in [0, 0.1) is 6.92 Å². The van der Waals surface area contributed by atoms with Crippen molar-refractivity contribution in [1.29, 1.82) is 0 Å². The van der Waals surface area contributed by atoms with Crippen LogP contribution in [0.15, 0.2) is 77.6 Å². The molecule has 5 rings (SSSR count). The van der Waals surface area contributed by atoms with Gasteiger partial charge in [0.25, 0.3) is 5.56 Å². The Hall–Kier alpha value is -4.26. The molecule has 166 valence electrons. The van der Waals surface area contributed by atoms with E-state index in [1.54, 1.807) is 11.8 Å². The summed E-state index contributed by atoms with van der Waals surface area (Å²) in [5, 5.41) is 2.91. The van der Waals surface area contributed by atoms with Gasteiger partial charge in [-0.1, -0.05) is 42.5 Å². The summed E-state index contributed by atoms with van der Waals surface area (Å²) in [4.78, 5) is 26.5. The molecule has 0 unspecified atom stereocenters. The van der Waals surface area contributed by atoms with Gasteiger partial charge in [0, 0.05) is 17.7 Å². The molecule has 4 aromatic rings. The Morgan fingerprint density at radius 3 is 2.61 bits per heavy atom. The SMILES string of the molecule is COc1cccc2c1Oc1c(c(=O)n(-c3ccccc3)n1CC(=O)Nc1cccc(C)c1)C2. The zero-order chi connectivity index (χ0) is 22.9. The van der Waals surface area contributed by atoms with E-state index in [9.17, 15) is 9.59 Å². The summed E-state index contributed by atoms with van der Waals surface area (Å²) in [6, 6.07) is 22.4. The number of para-hydroxylation sites is 2. The Balaban J connectivity index is 1.59. The highest BCUT2D eigenvalue weighted by Gasteiger charge is 2.30. The number of aryl methyl sites for hydroxylation is 1.